The van der Waals surface area contributed by atoms with Crippen molar-refractivity contribution in [3.8, 4) is 0 Å². The Morgan fingerprint density at radius 1 is 1.28 bits per heavy atom. The Labute approximate surface area is 141 Å². The average Bonchev–Trinajstić information content (AvgIpc) is 3.03. The summed E-state index contributed by atoms with van der Waals surface area (Å²) >= 11 is 0. The summed E-state index contributed by atoms with van der Waals surface area (Å²) in [6.07, 6.45) is -4.55. The van der Waals surface area contributed by atoms with Gasteiger partial charge in [0, 0.05) is 32.7 Å². The van der Waals surface area contributed by atoms with Crippen molar-refractivity contribution in [3.05, 3.63) is 18.2 Å². The fourth-order valence-corrected chi connectivity index (χ4v) is 3.90. The topological polar surface area (TPSA) is 100 Å². The molecule has 8 nitrogen and oxygen atoms in total. The van der Waals surface area contributed by atoms with Gasteiger partial charge in [0.05, 0.1) is 0 Å². The molecular formula is C13H16F3N5O3S. The Morgan fingerprint density at radius 2 is 2.00 bits per heavy atom. The van der Waals surface area contributed by atoms with E-state index in [1.54, 1.807) is 0 Å². The van der Waals surface area contributed by atoms with Crippen LogP contribution in [-0.2, 0) is 10.0 Å². The van der Waals surface area contributed by atoms with E-state index in [0.717, 1.165) is 0 Å². The molecule has 1 aliphatic rings. The molecule has 12 heteroatoms. The first-order valence-corrected chi connectivity index (χ1v) is 9.00. The molecule has 1 unspecified atom stereocenters. The highest BCUT2D eigenvalue weighted by Gasteiger charge is 2.44. The molecule has 0 radical (unpaired) electrons. The van der Waals surface area contributed by atoms with Crippen LogP contribution in [0.1, 0.15) is 0 Å². The first kappa shape index (κ1) is 18.0. The number of aromatic nitrogens is 2. The van der Waals surface area contributed by atoms with Gasteiger partial charge < -0.3 is 5.32 Å². The number of benzene rings is 1. The van der Waals surface area contributed by atoms with Crippen LogP contribution in [0.4, 0.5) is 13.2 Å². The van der Waals surface area contributed by atoms with Crippen molar-refractivity contribution >= 4 is 21.1 Å². The van der Waals surface area contributed by atoms with Gasteiger partial charge in [0.2, 0.25) is 10.0 Å². The first-order valence-electron chi connectivity index (χ1n) is 7.51. The molecule has 1 atom stereocenters. The maximum atomic E-state index is 13.4. The SMILES string of the molecule is O=S(=O)(NCC(N1CCNCC1)C(F)(F)F)c1cccc2nonc12. The lowest BCUT2D eigenvalue weighted by Gasteiger charge is -2.35. The molecule has 0 spiro atoms. The minimum atomic E-state index is -4.55. The van der Waals surface area contributed by atoms with Crippen molar-refractivity contribution in [2.75, 3.05) is 32.7 Å². The van der Waals surface area contributed by atoms with Crippen molar-refractivity contribution in [1.29, 1.82) is 0 Å². The van der Waals surface area contributed by atoms with Crippen LogP contribution in [0.5, 0.6) is 0 Å². The number of rotatable bonds is 5. The monoisotopic (exact) mass is 379 g/mol. The van der Waals surface area contributed by atoms with Gasteiger partial charge in [-0.1, -0.05) is 6.07 Å². The van der Waals surface area contributed by atoms with Gasteiger partial charge in [0.25, 0.3) is 0 Å². The Kier molecular flexibility index (Phi) is 4.95. The van der Waals surface area contributed by atoms with Crippen LogP contribution in [0.3, 0.4) is 0 Å². The van der Waals surface area contributed by atoms with Gasteiger partial charge in [0.1, 0.15) is 16.5 Å². The van der Waals surface area contributed by atoms with Gasteiger partial charge >= 0.3 is 6.18 Å². The number of nitrogens with one attached hydrogen (secondary N) is 2. The smallest absolute Gasteiger partial charge is 0.314 e. The Balaban J connectivity index is 1.80. The van der Waals surface area contributed by atoms with E-state index in [-0.39, 0.29) is 29.0 Å². The Bertz CT molecular complexity index is 833. The lowest BCUT2D eigenvalue weighted by molar-refractivity contribution is -0.182. The van der Waals surface area contributed by atoms with Crippen molar-refractivity contribution < 1.29 is 26.2 Å². The van der Waals surface area contributed by atoms with Gasteiger partial charge in [-0.2, -0.15) is 13.2 Å². The lowest BCUT2D eigenvalue weighted by atomic mass is 10.2. The summed E-state index contributed by atoms with van der Waals surface area (Å²) in [7, 11) is -4.21. The van der Waals surface area contributed by atoms with Gasteiger partial charge in [-0.05, 0) is 22.4 Å². The van der Waals surface area contributed by atoms with E-state index in [0.29, 0.717) is 13.1 Å². The predicted molar refractivity (Wildman–Crippen MR) is 81.3 cm³/mol. The minimum Gasteiger partial charge on any atom is -0.314 e. The van der Waals surface area contributed by atoms with Crippen LogP contribution in [0.2, 0.25) is 0 Å². The van der Waals surface area contributed by atoms with Gasteiger partial charge in [-0.3, -0.25) is 4.90 Å². The van der Waals surface area contributed by atoms with E-state index in [1.807, 2.05) is 4.72 Å². The largest absolute Gasteiger partial charge is 0.405 e. The van der Waals surface area contributed by atoms with Crippen LogP contribution in [0.15, 0.2) is 27.7 Å². The highest BCUT2D eigenvalue weighted by atomic mass is 32.2. The van der Waals surface area contributed by atoms with Crippen molar-refractivity contribution in [2.24, 2.45) is 0 Å². The fraction of sp³-hybridized carbons (Fsp3) is 0.538. The predicted octanol–water partition coefficient (Wildman–Crippen LogP) is 0.337. The summed E-state index contributed by atoms with van der Waals surface area (Å²) in [6.45, 7) is 0.434. The van der Waals surface area contributed by atoms with E-state index in [2.05, 4.69) is 20.3 Å². The highest BCUT2D eigenvalue weighted by molar-refractivity contribution is 7.89. The molecule has 1 aromatic heterocycles. The van der Waals surface area contributed by atoms with E-state index >= 15 is 0 Å². The standard InChI is InChI=1S/C13H16F3N5O3S/c14-13(15,16)11(21-6-4-17-5-7-21)8-18-25(22,23)10-3-1-2-9-12(10)20-24-19-9/h1-3,11,17-18H,4-8H2. The Hall–Kier alpha value is -1.76. The fourth-order valence-electron chi connectivity index (χ4n) is 2.71. The summed E-state index contributed by atoms with van der Waals surface area (Å²) in [4.78, 5) is 0.949. The molecule has 3 rings (SSSR count). The average molecular weight is 379 g/mol. The summed E-state index contributed by atoms with van der Waals surface area (Å²) in [5.41, 5.74) is 0.179. The maximum Gasteiger partial charge on any atom is 0.405 e. The minimum absolute atomic E-state index is 0.0271. The molecule has 0 saturated carbocycles. The number of alkyl halides is 3. The molecule has 0 aliphatic carbocycles. The molecule has 2 N–H and O–H groups in total. The molecule has 1 saturated heterocycles. The van der Waals surface area contributed by atoms with Crippen molar-refractivity contribution in [2.45, 2.75) is 17.1 Å². The maximum absolute atomic E-state index is 13.4. The summed E-state index contributed by atoms with van der Waals surface area (Å²) in [6, 6.07) is 2.24. The summed E-state index contributed by atoms with van der Waals surface area (Å²) in [5.74, 6) is 0. The van der Waals surface area contributed by atoms with Gasteiger partial charge in [0.15, 0.2) is 5.52 Å². The van der Waals surface area contributed by atoms with Crippen LogP contribution >= 0.6 is 0 Å². The Morgan fingerprint density at radius 3 is 2.68 bits per heavy atom. The molecule has 1 aromatic carbocycles. The third kappa shape index (κ3) is 3.92. The summed E-state index contributed by atoms with van der Waals surface area (Å²) < 4.78 is 71.5. The number of fused-ring (bicyclic) bond motifs is 1. The second kappa shape index (κ2) is 6.86. The van der Waals surface area contributed by atoms with Crippen molar-refractivity contribution in [1.82, 2.24) is 25.3 Å². The molecule has 1 fully saturated rings. The molecule has 0 amide bonds. The number of hydrogen-bond acceptors (Lipinski definition) is 7. The number of nitrogens with zero attached hydrogens (tertiary/aromatic N) is 3. The number of halogens is 3. The molecular weight excluding hydrogens is 363 g/mol. The summed E-state index contributed by atoms with van der Waals surface area (Å²) in [5, 5.41) is 9.99. The van der Waals surface area contributed by atoms with E-state index in [4.69, 9.17) is 0 Å². The van der Waals surface area contributed by atoms with Crippen LogP contribution in [0, 0.1) is 0 Å². The third-order valence-corrected chi connectivity index (χ3v) is 5.43. The zero-order valence-electron chi connectivity index (χ0n) is 13.0. The number of sulfonamides is 1. The zero-order valence-corrected chi connectivity index (χ0v) is 13.8. The second-order valence-corrected chi connectivity index (χ2v) is 7.32. The van der Waals surface area contributed by atoms with Gasteiger partial charge in [-0.25, -0.2) is 17.8 Å². The van der Waals surface area contributed by atoms with Gasteiger partial charge in [-0.15, -0.1) is 0 Å². The number of hydrogen-bond donors (Lipinski definition) is 2. The number of piperazine rings is 1. The molecule has 138 valence electrons. The van der Waals surface area contributed by atoms with Crippen LogP contribution in [-0.4, -0.2) is 68.6 Å². The third-order valence-electron chi connectivity index (χ3n) is 3.98. The highest BCUT2D eigenvalue weighted by Crippen LogP contribution is 2.26. The van der Waals surface area contributed by atoms with Crippen LogP contribution in [0.25, 0.3) is 11.0 Å². The molecule has 1 aliphatic heterocycles. The van der Waals surface area contributed by atoms with E-state index in [1.165, 1.54) is 23.1 Å². The quantitative estimate of drug-likeness (QED) is 0.773. The molecule has 25 heavy (non-hydrogen) atoms. The lowest BCUT2D eigenvalue weighted by Crippen LogP contribution is -2.57. The van der Waals surface area contributed by atoms with E-state index < -0.39 is 28.8 Å². The van der Waals surface area contributed by atoms with Crippen molar-refractivity contribution in [3.63, 3.8) is 0 Å². The normalized spacial score (nSPS) is 18.5. The van der Waals surface area contributed by atoms with E-state index in [9.17, 15) is 21.6 Å². The molecule has 0 bridgehead atoms. The molecule has 2 heterocycles. The zero-order chi connectivity index (χ0) is 18.1. The second-order valence-electron chi connectivity index (χ2n) is 5.58. The molecule has 2 aromatic rings. The van der Waals surface area contributed by atoms with Crippen LogP contribution < -0.4 is 10.0 Å². The first-order chi connectivity index (χ1) is 11.8.